The quantitative estimate of drug-likeness (QED) is 0.370. The van der Waals surface area contributed by atoms with Crippen molar-refractivity contribution in [2.24, 2.45) is 0 Å². The minimum atomic E-state index is -0.502. The Kier molecular flexibility index (Phi) is 15.7. The fraction of sp³-hybridized carbons (Fsp3) is 1.00. The molecule has 0 saturated heterocycles. The van der Waals surface area contributed by atoms with Crippen molar-refractivity contribution in [3.8, 4) is 0 Å². The van der Waals surface area contributed by atoms with Crippen molar-refractivity contribution >= 4 is 0 Å². The van der Waals surface area contributed by atoms with E-state index in [0.29, 0.717) is 0 Å². The highest BCUT2D eigenvalue weighted by Gasteiger charge is 2.18. The third-order valence-corrected chi connectivity index (χ3v) is 4.45. The molecule has 22 heavy (non-hydrogen) atoms. The molecule has 3 heteroatoms. The van der Waals surface area contributed by atoms with Gasteiger partial charge < -0.3 is 15.5 Å². The standard InChI is InChI=1S/C19H41NO2/c1-4-5-6-7-8-9-10-11-12-13-14-15-16-20-19(17(2)21)18(3)22/h17-22H,4-16H2,1-3H3. The number of nitrogens with one attached hydrogen (secondary N) is 1. The maximum atomic E-state index is 9.55. The summed E-state index contributed by atoms with van der Waals surface area (Å²) in [4.78, 5) is 0. The third kappa shape index (κ3) is 13.5. The zero-order valence-corrected chi connectivity index (χ0v) is 15.3. The van der Waals surface area contributed by atoms with Crippen molar-refractivity contribution in [2.45, 2.75) is 116 Å². The zero-order valence-electron chi connectivity index (χ0n) is 15.3. The molecule has 0 bridgehead atoms. The molecular weight excluding hydrogens is 274 g/mol. The summed E-state index contributed by atoms with van der Waals surface area (Å²) in [6, 6.07) is -0.201. The van der Waals surface area contributed by atoms with E-state index in [4.69, 9.17) is 0 Å². The van der Waals surface area contributed by atoms with Gasteiger partial charge in [-0.2, -0.15) is 0 Å². The highest BCUT2D eigenvalue weighted by atomic mass is 16.3. The molecule has 0 radical (unpaired) electrons. The summed E-state index contributed by atoms with van der Waals surface area (Å²) in [5.41, 5.74) is 0. The summed E-state index contributed by atoms with van der Waals surface area (Å²) in [6.07, 6.45) is 15.2. The van der Waals surface area contributed by atoms with Crippen LogP contribution < -0.4 is 5.32 Å². The maximum Gasteiger partial charge on any atom is 0.0690 e. The van der Waals surface area contributed by atoms with Crippen LogP contribution in [0.3, 0.4) is 0 Å². The van der Waals surface area contributed by atoms with E-state index < -0.39 is 12.2 Å². The molecule has 0 aliphatic carbocycles. The minimum Gasteiger partial charge on any atom is -0.392 e. The lowest BCUT2D eigenvalue weighted by atomic mass is 10.0. The van der Waals surface area contributed by atoms with Crippen LogP contribution in [0.25, 0.3) is 0 Å². The molecule has 0 spiro atoms. The monoisotopic (exact) mass is 315 g/mol. The van der Waals surface area contributed by atoms with Gasteiger partial charge >= 0.3 is 0 Å². The molecule has 3 N–H and O–H groups in total. The zero-order chi connectivity index (χ0) is 16.6. The average molecular weight is 316 g/mol. The molecule has 0 aromatic rings. The lowest BCUT2D eigenvalue weighted by molar-refractivity contribution is 0.0569. The predicted molar refractivity (Wildman–Crippen MR) is 96.2 cm³/mol. The molecule has 3 nitrogen and oxygen atoms in total. The molecule has 0 aromatic carbocycles. The van der Waals surface area contributed by atoms with Gasteiger partial charge in [-0.1, -0.05) is 77.6 Å². The Morgan fingerprint density at radius 2 is 1.00 bits per heavy atom. The van der Waals surface area contributed by atoms with Crippen LogP contribution in [-0.4, -0.2) is 35.0 Å². The van der Waals surface area contributed by atoms with Crippen molar-refractivity contribution in [1.82, 2.24) is 5.32 Å². The SMILES string of the molecule is CCCCCCCCCCCCCCNC(C(C)O)C(C)O. The summed E-state index contributed by atoms with van der Waals surface area (Å²) in [5, 5.41) is 22.4. The van der Waals surface area contributed by atoms with Crippen molar-refractivity contribution in [1.29, 1.82) is 0 Å². The highest BCUT2D eigenvalue weighted by Crippen LogP contribution is 2.11. The first-order valence-corrected chi connectivity index (χ1v) is 9.69. The Balaban J connectivity index is 3.23. The molecule has 0 saturated carbocycles. The molecular formula is C19H41NO2. The van der Waals surface area contributed by atoms with Crippen molar-refractivity contribution in [3.05, 3.63) is 0 Å². The van der Waals surface area contributed by atoms with Gasteiger partial charge in [0.1, 0.15) is 0 Å². The third-order valence-electron chi connectivity index (χ3n) is 4.45. The number of unbranched alkanes of at least 4 members (excludes halogenated alkanes) is 11. The van der Waals surface area contributed by atoms with Gasteiger partial charge in [0.2, 0.25) is 0 Å². The van der Waals surface area contributed by atoms with Crippen LogP contribution in [0.4, 0.5) is 0 Å². The van der Waals surface area contributed by atoms with Crippen LogP contribution in [0.1, 0.15) is 97.8 Å². The largest absolute Gasteiger partial charge is 0.392 e. The molecule has 0 aliphatic heterocycles. The van der Waals surface area contributed by atoms with Gasteiger partial charge in [0.15, 0.2) is 0 Å². The van der Waals surface area contributed by atoms with E-state index in [1.165, 1.54) is 70.6 Å². The number of aliphatic hydroxyl groups excluding tert-OH is 2. The van der Waals surface area contributed by atoms with Gasteiger partial charge in [0, 0.05) is 0 Å². The van der Waals surface area contributed by atoms with Crippen LogP contribution in [0.15, 0.2) is 0 Å². The van der Waals surface area contributed by atoms with Gasteiger partial charge in [0.25, 0.3) is 0 Å². The molecule has 0 aromatic heterocycles. The minimum absolute atomic E-state index is 0.201. The first-order chi connectivity index (χ1) is 10.6. The highest BCUT2D eigenvalue weighted by molar-refractivity contribution is 4.77. The van der Waals surface area contributed by atoms with Crippen molar-refractivity contribution in [2.75, 3.05) is 6.54 Å². The topological polar surface area (TPSA) is 52.5 Å². The second-order valence-corrected chi connectivity index (χ2v) is 6.85. The molecule has 0 aliphatic rings. The van der Waals surface area contributed by atoms with E-state index in [2.05, 4.69) is 12.2 Å². The van der Waals surface area contributed by atoms with Crippen molar-refractivity contribution < 1.29 is 10.2 Å². The van der Waals surface area contributed by atoms with E-state index in [1.807, 2.05) is 0 Å². The normalized spacial score (nSPS) is 15.7. The van der Waals surface area contributed by atoms with Crippen LogP contribution >= 0.6 is 0 Å². The predicted octanol–water partition coefficient (Wildman–Crippen LogP) is 4.41. The second-order valence-electron chi connectivity index (χ2n) is 6.85. The second kappa shape index (κ2) is 15.8. The Labute approximate surface area is 138 Å². The Bertz CT molecular complexity index is 211. The van der Waals surface area contributed by atoms with E-state index in [9.17, 15) is 10.2 Å². The van der Waals surface area contributed by atoms with Crippen molar-refractivity contribution in [3.63, 3.8) is 0 Å². The van der Waals surface area contributed by atoms with Gasteiger partial charge in [0.05, 0.1) is 18.2 Å². The Morgan fingerprint density at radius 1 is 0.636 bits per heavy atom. The van der Waals surface area contributed by atoms with Gasteiger partial charge in [-0.05, 0) is 26.8 Å². The van der Waals surface area contributed by atoms with Crippen LogP contribution in [-0.2, 0) is 0 Å². The molecule has 0 heterocycles. The summed E-state index contributed by atoms with van der Waals surface area (Å²) >= 11 is 0. The Hall–Kier alpha value is -0.120. The summed E-state index contributed by atoms with van der Waals surface area (Å²) in [7, 11) is 0. The first-order valence-electron chi connectivity index (χ1n) is 9.69. The number of hydrogen-bond acceptors (Lipinski definition) is 3. The van der Waals surface area contributed by atoms with Crippen LogP contribution in [0.5, 0.6) is 0 Å². The summed E-state index contributed by atoms with van der Waals surface area (Å²) < 4.78 is 0. The molecule has 134 valence electrons. The molecule has 2 unspecified atom stereocenters. The number of rotatable bonds is 16. The maximum absolute atomic E-state index is 9.55. The lowest BCUT2D eigenvalue weighted by Crippen LogP contribution is -2.46. The summed E-state index contributed by atoms with van der Waals surface area (Å²) in [5.74, 6) is 0. The van der Waals surface area contributed by atoms with E-state index in [-0.39, 0.29) is 6.04 Å². The number of aliphatic hydroxyl groups is 2. The fourth-order valence-electron chi connectivity index (χ4n) is 2.98. The molecule has 2 atom stereocenters. The first kappa shape index (κ1) is 21.9. The fourth-order valence-corrected chi connectivity index (χ4v) is 2.98. The molecule has 0 rings (SSSR count). The molecule has 0 fully saturated rings. The smallest absolute Gasteiger partial charge is 0.0690 e. The van der Waals surface area contributed by atoms with E-state index in [1.54, 1.807) is 13.8 Å². The lowest BCUT2D eigenvalue weighted by Gasteiger charge is -2.24. The number of hydrogen-bond donors (Lipinski definition) is 3. The van der Waals surface area contributed by atoms with Gasteiger partial charge in [-0.25, -0.2) is 0 Å². The summed E-state index contributed by atoms with van der Waals surface area (Å²) in [6.45, 7) is 6.61. The average Bonchev–Trinajstić information content (AvgIpc) is 2.46. The molecule has 0 amide bonds. The van der Waals surface area contributed by atoms with Gasteiger partial charge in [-0.3, -0.25) is 0 Å². The van der Waals surface area contributed by atoms with E-state index in [0.717, 1.165) is 13.0 Å². The van der Waals surface area contributed by atoms with Crippen LogP contribution in [0, 0.1) is 0 Å². The van der Waals surface area contributed by atoms with Crippen LogP contribution in [0.2, 0.25) is 0 Å². The van der Waals surface area contributed by atoms with Gasteiger partial charge in [-0.15, -0.1) is 0 Å². The Morgan fingerprint density at radius 3 is 1.36 bits per heavy atom. The van der Waals surface area contributed by atoms with E-state index >= 15 is 0 Å².